The van der Waals surface area contributed by atoms with Gasteiger partial charge in [0, 0.05) is 25.4 Å². The van der Waals surface area contributed by atoms with Crippen LogP contribution in [0.15, 0.2) is 42.7 Å². The van der Waals surface area contributed by atoms with E-state index in [0.29, 0.717) is 25.8 Å². The van der Waals surface area contributed by atoms with Crippen molar-refractivity contribution in [3.05, 3.63) is 54.1 Å². The van der Waals surface area contributed by atoms with Gasteiger partial charge >= 0.3 is 0 Å². The summed E-state index contributed by atoms with van der Waals surface area (Å²) < 4.78 is 0. The summed E-state index contributed by atoms with van der Waals surface area (Å²) in [6, 6.07) is 9.83. The van der Waals surface area contributed by atoms with Gasteiger partial charge in [-0.25, -0.2) is 4.98 Å². The molecule has 0 radical (unpaired) electrons. The third-order valence-electron chi connectivity index (χ3n) is 3.43. The fourth-order valence-electron chi connectivity index (χ4n) is 2.07. The highest BCUT2D eigenvalue weighted by atomic mass is 16.3. The third kappa shape index (κ3) is 4.72. The third-order valence-corrected chi connectivity index (χ3v) is 3.43. The van der Waals surface area contributed by atoms with E-state index in [4.69, 9.17) is 0 Å². The quantitative estimate of drug-likeness (QED) is 0.721. The maximum Gasteiger partial charge on any atom is 0.251 e. The molecule has 1 aromatic heterocycles. The van der Waals surface area contributed by atoms with E-state index in [0.717, 1.165) is 11.4 Å². The van der Waals surface area contributed by atoms with Gasteiger partial charge in [0.15, 0.2) is 0 Å². The number of carbonyl (C=O) groups is 1. The molecular formula is C16H21N3O2. The standard InChI is InChI=1S/C16H21N3O2/c1-16(21,9-7-13-5-3-2-4-6-13)15(20)19-10-8-14-17-11-12-18-14/h2-6,11-12,21H,7-10H2,1H3,(H,17,18)(H,19,20)/t16-/m0/s1. The Bertz CT molecular complexity index is 550. The van der Waals surface area contributed by atoms with Crippen molar-refractivity contribution in [2.75, 3.05) is 6.54 Å². The molecule has 21 heavy (non-hydrogen) atoms. The highest BCUT2D eigenvalue weighted by Crippen LogP contribution is 2.14. The van der Waals surface area contributed by atoms with Gasteiger partial charge in [0.05, 0.1) is 0 Å². The molecule has 0 aliphatic rings. The van der Waals surface area contributed by atoms with E-state index in [2.05, 4.69) is 15.3 Å². The summed E-state index contributed by atoms with van der Waals surface area (Å²) in [5.74, 6) is 0.476. The van der Waals surface area contributed by atoms with Crippen molar-refractivity contribution in [3.8, 4) is 0 Å². The smallest absolute Gasteiger partial charge is 0.251 e. The van der Waals surface area contributed by atoms with Crippen molar-refractivity contribution in [1.82, 2.24) is 15.3 Å². The number of benzene rings is 1. The lowest BCUT2D eigenvalue weighted by Gasteiger charge is -2.22. The van der Waals surface area contributed by atoms with Gasteiger partial charge in [0.2, 0.25) is 0 Å². The van der Waals surface area contributed by atoms with Crippen LogP contribution < -0.4 is 5.32 Å². The van der Waals surface area contributed by atoms with Gasteiger partial charge in [-0.1, -0.05) is 30.3 Å². The molecule has 0 fully saturated rings. The second-order valence-corrected chi connectivity index (χ2v) is 5.30. The molecule has 2 aromatic rings. The first-order valence-corrected chi connectivity index (χ1v) is 7.11. The van der Waals surface area contributed by atoms with Crippen LogP contribution in [-0.4, -0.2) is 33.1 Å². The monoisotopic (exact) mass is 287 g/mol. The van der Waals surface area contributed by atoms with Gasteiger partial charge in [0.1, 0.15) is 11.4 Å². The van der Waals surface area contributed by atoms with Gasteiger partial charge in [-0.05, 0) is 25.3 Å². The van der Waals surface area contributed by atoms with Gasteiger partial charge in [-0.15, -0.1) is 0 Å². The Kier molecular flexibility index (Phi) is 5.11. The van der Waals surface area contributed by atoms with Crippen LogP contribution >= 0.6 is 0 Å². The van der Waals surface area contributed by atoms with E-state index < -0.39 is 5.60 Å². The first-order valence-electron chi connectivity index (χ1n) is 7.11. The number of hydrogen-bond acceptors (Lipinski definition) is 3. The zero-order valence-electron chi connectivity index (χ0n) is 12.2. The second-order valence-electron chi connectivity index (χ2n) is 5.30. The van der Waals surface area contributed by atoms with Gasteiger partial charge < -0.3 is 15.4 Å². The van der Waals surface area contributed by atoms with E-state index in [-0.39, 0.29) is 5.91 Å². The molecule has 0 aliphatic heterocycles. The van der Waals surface area contributed by atoms with Crippen LogP contribution in [0.5, 0.6) is 0 Å². The van der Waals surface area contributed by atoms with Crippen molar-refractivity contribution in [2.24, 2.45) is 0 Å². The molecule has 1 amide bonds. The van der Waals surface area contributed by atoms with Crippen LogP contribution in [0.1, 0.15) is 24.7 Å². The Morgan fingerprint density at radius 2 is 2.10 bits per heavy atom. The van der Waals surface area contributed by atoms with Crippen molar-refractivity contribution < 1.29 is 9.90 Å². The Morgan fingerprint density at radius 3 is 2.76 bits per heavy atom. The van der Waals surface area contributed by atoms with Crippen LogP contribution in [0.3, 0.4) is 0 Å². The number of aromatic nitrogens is 2. The second kappa shape index (κ2) is 7.04. The molecule has 5 heteroatoms. The number of aliphatic hydroxyl groups is 1. The average molecular weight is 287 g/mol. The van der Waals surface area contributed by atoms with E-state index in [1.54, 1.807) is 19.3 Å². The molecule has 2 rings (SSSR count). The molecule has 112 valence electrons. The van der Waals surface area contributed by atoms with Gasteiger partial charge in [-0.2, -0.15) is 0 Å². The normalized spacial score (nSPS) is 13.6. The number of H-pyrrole nitrogens is 1. The number of imidazole rings is 1. The summed E-state index contributed by atoms with van der Waals surface area (Å²) in [4.78, 5) is 19.1. The molecule has 0 bridgehead atoms. The van der Waals surface area contributed by atoms with E-state index >= 15 is 0 Å². The minimum absolute atomic E-state index is 0.343. The molecular weight excluding hydrogens is 266 g/mol. The molecule has 5 nitrogen and oxygen atoms in total. The van der Waals surface area contributed by atoms with Gasteiger partial charge in [0.25, 0.3) is 5.91 Å². The number of amides is 1. The topological polar surface area (TPSA) is 78.0 Å². The summed E-state index contributed by atoms with van der Waals surface area (Å²) in [6.45, 7) is 2.01. The number of nitrogens with zero attached hydrogens (tertiary/aromatic N) is 1. The molecule has 1 aromatic carbocycles. The fourth-order valence-corrected chi connectivity index (χ4v) is 2.07. The molecule has 0 unspecified atom stereocenters. The number of carbonyl (C=O) groups excluding carboxylic acids is 1. The summed E-state index contributed by atoms with van der Waals surface area (Å²) in [7, 11) is 0. The zero-order chi connectivity index (χ0) is 15.1. The summed E-state index contributed by atoms with van der Waals surface area (Å²) in [5, 5.41) is 13.0. The first-order chi connectivity index (χ1) is 10.1. The van der Waals surface area contributed by atoms with Crippen LogP contribution in [0.4, 0.5) is 0 Å². The van der Waals surface area contributed by atoms with Crippen molar-refractivity contribution in [2.45, 2.75) is 31.8 Å². The Hall–Kier alpha value is -2.14. The average Bonchev–Trinajstić information content (AvgIpc) is 2.99. The lowest BCUT2D eigenvalue weighted by atomic mass is 9.96. The maximum absolute atomic E-state index is 12.0. The lowest BCUT2D eigenvalue weighted by molar-refractivity contribution is -0.138. The van der Waals surface area contributed by atoms with Crippen LogP contribution in [0.2, 0.25) is 0 Å². The van der Waals surface area contributed by atoms with Crippen LogP contribution in [-0.2, 0) is 17.6 Å². The summed E-state index contributed by atoms with van der Waals surface area (Å²) in [6.07, 6.45) is 5.09. The molecule has 0 aliphatic carbocycles. The molecule has 0 saturated heterocycles. The highest BCUT2D eigenvalue weighted by molar-refractivity contribution is 5.84. The predicted octanol–water partition coefficient (Wildman–Crippen LogP) is 1.45. The summed E-state index contributed by atoms with van der Waals surface area (Å²) >= 11 is 0. The minimum Gasteiger partial charge on any atom is -0.380 e. The Morgan fingerprint density at radius 1 is 1.33 bits per heavy atom. The maximum atomic E-state index is 12.0. The van der Waals surface area contributed by atoms with E-state index in [9.17, 15) is 9.90 Å². The zero-order valence-corrected chi connectivity index (χ0v) is 12.2. The number of aromatic amines is 1. The molecule has 1 atom stereocenters. The van der Waals surface area contributed by atoms with E-state index in [1.165, 1.54) is 0 Å². The van der Waals surface area contributed by atoms with E-state index in [1.807, 2.05) is 30.3 Å². The lowest BCUT2D eigenvalue weighted by Crippen LogP contribution is -2.45. The highest BCUT2D eigenvalue weighted by Gasteiger charge is 2.29. The number of nitrogens with one attached hydrogen (secondary N) is 2. The molecule has 1 heterocycles. The molecule has 0 saturated carbocycles. The Labute approximate surface area is 124 Å². The van der Waals surface area contributed by atoms with Crippen LogP contribution in [0.25, 0.3) is 0 Å². The fraction of sp³-hybridized carbons (Fsp3) is 0.375. The van der Waals surface area contributed by atoms with Crippen molar-refractivity contribution in [1.29, 1.82) is 0 Å². The van der Waals surface area contributed by atoms with Crippen molar-refractivity contribution >= 4 is 5.91 Å². The Balaban J connectivity index is 1.76. The minimum atomic E-state index is -1.36. The number of aryl methyl sites for hydroxylation is 1. The molecule has 3 N–H and O–H groups in total. The number of hydrogen-bond donors (Lipinski definition) is 3. The molecule has 0 spiro atoms. The van der Waals surface area contributed by atoms with Gasteiger partial charge in [-0.3, -0.25) is 4.79 Å². The first kappa shape index (κ1) is 15.3. The largest absolute Gasteiger partial charge is 0.380 e. The number of rotatable bonds is 7. The predicted molar refractivity (Wildman–Crippen MR) is 80.7 cm³/mol. The SMILES string of the molecule is C[C@](O)(CCc1ccccc1)C(=O)NCCc1ncc[nH]1. The van der Waals surface area contributed by atoms with Crippen molar-refractivity contribution in [3.63, 3.8) is 0 Å². The summed E-state index contributed by atoms with van der Waals surface area (Å²) in [5.41, 5.74) is -0.250. The van der Waals surface area contributed by atoms with Crippen LogP contribution in [0, 0.1) is 0 Å².